The lowest BCUT2D eigenvalue weighted by Gasteiger charge is -2.18. The number of nitrogens with zero attached hydrogens (tertiary/aromatic N) is 2. The Morgan fingerprint density at radius 1 is 1.28 bits per heavy atom. The van der Waals surface area contributed by atoms with E-state index in [0.29, 0.717) is 0 Å². The van der Waals surface area contributed by atoms with Gasteiger partial charge < -0.3 is 9.73 Å². The molecule has 1 unspecified atom stereocenters. The maximum absolute atomic E-state index is 5.94. The minimum absolute atomic E-state index is 0.119. The lowest BCUT2D eigenvalue weighted by atomic mass is 9.89. The van der Waals surface area contributed by atoms with Gasteiger partial charge in [0.1, 0.15) is 0 Å². The molecule has 2 rings (SSSR count). The maximum Gasteiger partial charge on any atom is 0.233 e. The predicted octanol–water partition coefficient (Wildman–Crippen LogP) is 3.35. The van der Waals surface area contributed by atoms with E-state index in [1.807, 2.05) is 0 Å². The lowest BCUT2D eigenvalue weighted by Crippen LogP contribution is -2.21. The summed E-state index contributed by atoms with van der Waals surface area (Å²) in [5.74, 6) is 1.60. The minimum atomic E-state index is 0.119. The molecule has 0 aliphatic heterocycles. The summed E-state index contributed by atoms with van der Waals surface area (Å²) in [6.07, 6.45) is 7.01. The molecule has 1 aliphatic rings. The molecule has 1 heterocycles. The van der Waals surface area contributed by atoms with Gasteiger partial charge in [-0.2, -0.15) is 0 Å². The molecule has 102 valence electrons. The lowest BCUT2D eigenvalue weighted by molar-refractivity contribution is 0.312. The highest BCUT2D eigenvalue weighted by molar-refractivity contribution is 5.05. The summed E-state index contributed by atoms with van der Waals surface area (Å²) in [5.41, 5.74) is 0.119. The van der Waals surface area contributed by atoms with Crippen molar-refractivity contribution in [2.24, 2.45) is 0 Å². The SMILES string of the molecule is CCCNC(CC)c1nnc(C2(C)CCCC2)o1. The molecular weight excluding hydrogens is 226 g/mol. The minimum Gasteiger partial charge on any atom is -0.423 e. The van der Waals surface area contributed by atoms with Crippen LogP contribution in [0, 0.1) is 0 Å². The van der Waals surface area contributed by atoms with Crippen LogP contribution in [0.4, 0.5) is 0 Å². The fourth-order valence-electron chi connectivity index (χ4n) is 2.71. The number of aromatic nitrogens is 2. The second kappa shape index (κ2) is 5.83. The highest BCUT2D eigenvalue weighted by Crippen LogP contribution is 2.40. The van der Waals surface area contributed by atoms with Gasteiger partial charge in [-0.3, -0.25) is 0 Å². The van der Waals surface area contributed by atoms with E-state index in [0.717, 1.165) is 31.2 Å². The number of nitrogens with one attached hydrogen (secondary N) is 1. The van der Waals surface area contributed by atoms with E-state index < -0.39 is 0 Å². The third-order valence-corrected chi connectivity index (χ3v) is 4.01. The molecule has 1 N–H and O–H groups in total. The van der Waals surface area contributed by atoms with Crippen LogP contribution < -0.4 is 5.32 Å². The fourth-order valence-corrected chi connectivity index (χ4v) is 2.71. The average Bonchev–Trinajstić information content (AvgIpc) is 3.00. The molecule has 18 heavy (non-hydrogen) atoms. The highest BCUT2D eigenvalue weighted by atomic mass is 16.4. The summed E-state index contributed by atoms with van der Waals surface area (Å²) >= 11 is 0. The molecule has 0 amide bonds. The number of hydrogen-bond donors (Lipinski definition) is 1. The van der Waals surface area contributed by atoms with Crippen molar-refractivity contribution in [3.05, 3.63) is 11.8 Å². The first-order chi connectivity index (χ1) is 8.69. The predicted molar refractivity (Wildman–Crippen MR) is 71.4 cm³/mol. The standard InChI is InChI=1S/C14H25N3O/c1-4-10-15-11(5-2)12-16-17-13(18-12)14(3)8-6-7-9-14/h11,15H,4-10H2,1-3H3. The number of rotatable bonds is 6. The van der Waals surface area contributed by atoms with Crippen molar-refractivity contribution >= 4 is 0 Å². The molecule has 1 fully saturated rings. The molecule has 4 nitrogen and oxygen atoms in total. The van der Waals surface area contributed by atoms with Gasteiger partial charge in [0.05, 0.1) is 6.04 Å². The molecule has 0 saturated heterocycles. The van der Waals surface area contributed by atoms with E-state index in [4.69, 9.17) is 4.42 Å². The van der Waals surface area contributed by atoms with Crippen molar-refractivity contribution in [1.29, 1.82) is 0 Å². The van der Waals surface area contributed by atoms with Crippen LogP contribution in [0.2, 0.25) is 0 Å². The van der Waals surface area contributed by atoms with Crippen LogP contribution in [0.15, 0.2) is 4.42 Å². The molecule has 0 bridgehead atoms. The molecule has 0 aromatic carbocycles. The van der Waals surface area contributed by atoms with Crippen LogP contribution in [0.25, 0.3) is 0 Å². The van der Waals surface area contributed by atoms with E-state index in [2.05, 4.69) is 36.3 Å². The van der Waals surface area contributed by atoms with Gasteiger partial charge in [0.2, 0.25) is 11.8 Å². The quantitative estimate of drug-likeness (QED) is 0.842. The molecule has 0 radical (unpaired) electrons. The van der Waals surface area contributed by atoms with Crippen LogP contribution in [0.1, 0.15) is 77.1 Å². The third-order valence-electron chi connectivity index (χ3n) is 4.01. The Morgan fingerprint density at radius 3 is 2.61 bits per heavy atom. The van der Waals surface area contributed by atoms with E-state index in [1.54, 1.807) is 0 Å². The van der Waals surface area contributed by atoms with Crippen molar-refractivity contribution in [2.45, 2.75) is 70.8 Å². The van der Waals surface area contributed by atoms with E-state index in [-0.39, 0.29) is 11.5 Å². The molecule has 1 aromatic rings. The van der Waals surface area contributed by atoms with Gasteiger partial charge in [0.15, 0.2) is 0 Å². The fraction of sp³-hybridized carbons (Fsp3) is 0.857. The van der Waals surface area contributed by atoms with Gasteiger partial charge in [-0.15, -0.1) is 10.2 Å². The van der Waals surface area contributed by atoms with Crippen LogP contribution in [0.5, 0.6) is 0 Å². The van der Waals surface area contributed by atoms with Crippen LogP contribution in [0.3, 0.4) is 0 Å². The normalized spacial score (nSPS) is 20.2. The zero-order chi connectivity index (χ0) is 13.0. The van der Waals surface area contributed by atoms with Crippen molar-refractivity contribution in [3.8, 4) is 0 Å². The average molecular weight is 251 g/mol. The summed E-state index contributed by atoms with van der Waals surface area (Å²) in [4.78, 5) is 0. The smallest absolute Gasteiger partial charge is 0.233 e. The Hall–Kier alpha value is -0.900. The third kappa shape index (κ3) is 2.74. The van der Waals surface area contributed by atoms with Gasteiger partial charge >= 0.3 is 0 Å². The zero-order valence-electron chi connectivity index (χ0n) is 11.8. The molecular formula is C14H25N3O. The van der Waals surface area contributed by atoms with Gasteiger partial charge in [0.25, 0.3) is 0 Å². The monoisotopic (exact) mass is 251 g/mol. The Bertz CT molecular complexity index is 369. The van der Waals surface area contributed by atoms with Crippen LogP contribution in [-0.4, -0.2) is 16.7 Å². The summed E-state index contributed by atoms with van der Waals surface area (Å²) in [6, 6.07) is 0.205. The van der Waals surface area contributed by atoms with E-state index in [1.165, 1.54) is 25.7 Å². The van der Waals surface area contributed by atoms with Gasteiger partial charge in [-0.05, 0) is 32.2 Å². The highest BCUT2D eigenvalue weighted by Gasteiger charge is 2.36. The summed E-state index contributed by atoms with van der Waals surface area (Å²) in [5, 5.41) is 12.0. The first-order valence-electron chi connectivity index (χ1n) is 7.27. The molecule has 1 aliphatic carbocycles. The molecule has 1 saturated carbocycles. The Morgan fingerprint density at radius 2 is 2.00 bits per heavy atom. The second-order valence-corrected chi connectivity index (χ2v) is 5.63. The maximum atomic E-state index is 5.94. The second-order valence-electron chi connectivity index (χ2n) is 5.63. The van der Waals surface area contributed by atoms with Gasteiger partial charge in [0, 0.05) is 5.41 Å². The van der Waals surface area contributed by atoms with E-state index in [9.17, 15) is 0 Å². The zero-order valence-corrected chi connectivity index (χ0v) is 11.8. The molecule has 1 atom stereocenters. The van der Waals surface area contributed by atoms with Crippen molar-refractivity contribution < 1.29 is 4.42 Å². The summed E-state index contributed by atoms with van der Waals surface area (Å²) < 4.78 is 5.94. The van der Waals surface area contributed by atoms with Crippen LogP contribution in [-0.2, 0) is 5.41 Å². The first kappa shape index (κ1) is 13.5. The Labute approximate surface area is 110 Å². The molecule has 0 spiro atoms. The topological polar surface area (TPSA) is 51.0 Å². The van der Waals surface area contributed by atoms with Crippen LogP contribution >= 0.6 is 0 Å². The van der Waals surface area contributed by atoms with E-state index >= 15 is 0 Å². The molecule has 1 aromatic heterocycles. The first-order valence-corrected chi connectivity index (χ1v) is 7.27. The molecule has 4 heteroatoms. The van der Waals surface area contributed by atoms with Crippen molar-refractivity contribution in [1.82, 2.24) is 15.5 Å². The van der Waals surface area contributed by atoms with Gasteiger partial charge in [-0.25, -0.2) is 0 Å². The van der Waals surface area contributed by atoms with Gasteiger partial charge in [-0.1, -0.05) is 33.6 Å². The van der Waals surface area contributed by atoms with Crippen molar-refractivity contribution in [2.75, 3.05) is 6.54 Å². The van der Waals surface area contributed by atoms with Crippen molar-refractivity contribution in [3.63, 3.8) is 0 Å². The number of hydrogen-bond acceptors (Lipinski definition) is 4. The Balaban J connectivity index is 2.08. The Kier molecular flexibility index (Phi) is 4.38. The largest absolute Gasteiger partial charge is 0.423 e. The summed E-state index contributed by atoms with van der Waals surface area (Å²) in [7, 11) is 0. The summed E-state index contributed by atoms with van der Waals surface area (Å²) in [6.45, 7) is 7.55.